The van der Waals surface area contributed by atoms with E-state index >= 15 is 0 Å². The maximum absolute atomic E-state index is 10.5. The standard InChI is InChI=1S/C22H26O4/c1-16-6-5-7-19(22(2,3)4)21(16)26-15-14-25-18-11-8-17(9-12-18)10-13-20(23)24/h5-13H,14-15H2,1-4H3,(H,23,24)/b13-10+. The molecule has 138 valence electrons. The van der Waals surface area contributed by atoms with E-state index in [2.05, 4.69) is 45.9 Å². The van der Waals surface area contributed by atoms with Gasteiger partial charge in [-0.2, -0.15) is 0 Å². The van der Waals surface area contributed by atoms with E-state index in [0.717, 1.165) is 28.7 Å². The quantitative estimate of drug-likeness (QED) is 0.570. The van der Waals surface area contributed by atoms with E-state index in [1.807, 2.05) is 24.3 Å². The number of para-hydroxylation sites is 1. The summed E-state index contributed by atoms with van der Waals surface area (Å²) < 4.78 is 11.7. The highest BCUT2D eigenvalue weighted by Gasteiger charge is 2.20. The first-order valence-corrected chi connectivity index (χ1v) is 8.64. The molecule has 2 rings (SSSR count). The Bertz CT molecular complexity index is 768. The minimum atomic E-state index is -0.965. The molecule has 0 saturated heterocycles. The third-order valence-corrected chi connectivity index (χ3v) is 3.92. The smallest absolute Gasteiger partial charge is 0.328 e. The van der Waals surface area contributed by atoms with Crippen molar-refractivity contribution in [1.82, 2.24) is 0 Å². The monoisotopic (exact) mass is 354 g/mol. The van der Waals surface area contributed by atoms with Crippen molar-refractivity contribution in [2.24, 2.45) is 0 Å². The normalized spacial score (nSPS) is 11.5. The molecule has 2 aromatic rings. The average molecular weight is 354 g/mol. The lowest BCUT2D eigenvalue weighted by Crippen LogP contribution is -2.16. The summed E-state index contributed by atoms with van der Waals surface area (Å²) in [6, 6.07) is 13.5. The second-order valence-corrected chi connectivity index (χ2v) is 7.14. The Kier molecular flexibility index (Phi) is 6.45. The van der Waals surface area contributed by atoms with Crippen LogP contribution in [0.2, 0.25) is 0 Å². The molecule has 0 heterocycles. The van der Waals surface area contributed by atoms with Gasteiger partial charge in [-0.05, 0) is 47.2 Å². The van der Waals surface area contributed by atoms with Crippen LogP contribution in [-0.2, 0) is 10.2 Å². The van der Waals surface area contributed by atoms with E-state index in [-0.39, 0.29) is 5.41 Å². The van der Waals surface area contributed by atoms with E-state index < -0.39 is 5.97 Å². The van der Waals surface area contributed by atoms with Gasteiger partial charge in [-0.3, -0.25) is 0 Å². The van der Waals surface area contributed by atoms with Gasteiger partial charge in [0.1, 0.15) is 24.7 Å². The van der Waals surface area contributed by atoms with Crippen LogP contribution in [0.5, 0.6) is 11.5 Å². The van der Waals surface area contributed by atoms with Gasteiger partial charge in [-0.15, -0.1) is 0 Å². The summed E-state index contributed by atoms with van der Waals surface area (Å²) in [7, 11) is 0. The first-order chi connectivity index (χ1) is 12.3. The molecular formula is C22H26O4. The van der Waals surface area contributed by atoms with E-state index in [0.29, 0.717) is 13.2 Å². The van der Waals surface area contributed by atoms with E-state index in [1.54, 1.807) is 6.08 Å². The van der Waals surface area contributed by atoms with Crippen molar-refractivity contribution in [2.45, 2.75) is 33.1 Å². The Morgan fingerprint density at radius 1 is 1.04 bits per heavy atom. The van der Waals surface area contributed by atoms with Crippen LogP contribution in [0.4, 0.5) is 0 Å². The highest BCUT2D eigenvalue weighted by Crippen LogP contribution is 2.33. The molecule has 4 heteroatoms. The Morgan fingerprint density at radius 2 is 1.69 bits per heavy atom. The number of carboxylic acid groups (broad SMARTS) is 1. The highest BCUT2D eigenvalue weighted by molar-refractivity contribution is 5.85. The van der Waals surface area contributed by atoms with Crippen molar-refractivity contribution in [3.8, 4) is 11.5 Å². The average Bonchev–Trinajstić information content (AvgIpc) is 2.58. The summed E-state index contributed by atoms with van der Waals surface area (Å²) in [5.41, 5.74) is 3.13. The number of hydrogen-bond acceptors (Lipinski definition) is 3. The molecule has 0 aromatic heterocycles. The van der Waals surface area contributed by atoms with Crippen LogP contribution in [0, 0.1) is 6.92 Å². The lowest BCUT2D eigenvalue weighted by atomic mass is 9.85. The van der Waals surface area contributed by atoms with Crippen LogP contribution < -0.4 is 9.47 Å². The van der Waals surface area contributed by atoms with Gasteiger partial charge in [0.05, 0.1) is 0 Å². The number of ether oxygens (including phenoxy) is 2. The second kappa shape index (κ2) is 8.56. The van der Waals surface area contributed by atoms with Gasteiger partial charge in [0, 0.05) is 6.08 Å². The van der Waals surface area contributed by atoms with Gasteiger partial charge < -0.3 is 14.6 Å². The Balaban J connectivity index is 1.91. The van der Waals surface area contributed by atoms with Crippen molar-refractivity contribution in [3.63, 3.8) is 0 Å². The number of aryl methyl sites for hydroxylation is 1. The second-order valence-electron chi connectivity index (χ2n) is 7.14. The molecule has 26 heavy (non-hydrogen) atoms. The largest absolute Gasteiger partial charge is 0.490 e. The van der Waals surface area contributed by atoms with Gasteiger partial charge in [-0.1, -0.05) is 51.1 Å². The van der Waals surface area contributed by atoms with Crippen LogP contribution in [-0.4, -0.2) is 24.3 Å². The lowest BCUT2D eigenvalue weighted by molar-refractivity contribution is -0.131. The van der Waals surface area contributed by atoms with Gasteiger partial charge in [0.15, 0.2) is 0 Å². The van der Waals surface area contributed by atoms with Crippen molar-refractivity contribution >= 4 is 12.0 Å². The van der Waals surface area contributed by atoms with Crippen LogP contribution in [0.3, 0.4) is 0 Å². The highest BCUT2D eigenvalue weighted by atomic mass is 16.5. The summed E-state index contributed by atoms with van der Waals surface area (Å²) in [4.78, 5) is 10.5. The molecule has 0 radical (unpaired) electrons. The molecule has 1 N–H and O–H groups in total. The first kappa shape index (κ1) is 19.6. The summed E-state index contributed by atoms with van der Waals surface area (Å²) in [5, 5.41) is 8.63. The molecule has 0 unspecified atom stereocenters. The minimum Gasteiger partial charge on any atom is -0.490 e. The third kappa shape index (κ3) is 5.66. The summed E-state index contributed by atoms with van der Waals surface area (Å²) in [5.74, 6) is 0.688. The lowest BCUT2D eigenvalue weighted by Gasteiger charge is -2.24. The number of carbonyl (C=O) groups is 1. The summed E-state index contributed by atoms with van der Waals surface area (Å²) in [6.07, 6.45) is 2.65. The predicted octanol–water partition coefficient (Wildman–Crippen LogP) is 4.85. The van der Waals surface area contributed by atoms with Crippen molar-refractivity contribution in [2.75, 3.05) is 13.2 Å². The summed E-state index contributed by atoms with van der Waals surface area (Å²) in [6.45, 7) is 9.45. The molecular weight excluding hydrogens is 328 g/mol. The molecule has 0 bridgehead atoms. The van der Waals surface area contributed by atoms with E-state index in [1.165, 1.54) is 5.56 Å². The zero-order chi connectivity index (χ0) is 19.2. The maximum atomic E-state index is 10.5. The number of benzene rings is 2. The Morgan fingerprint density at radius 3 is 2.31 bits per heavy atom. The van der Waals surface area contributed by atoms with E-state index in [4.69, 9.17) is 14.6 Å². The molecule has 0 fully saturated rings. The minimum absolute atomic E-state index is 0.0154. The molecule has 0 spiro atoms. The van der Waals surface area contributed by atoms with Gasteiger partial charge >= 0.3 is 5.97 Å². The number of hydrogen-bond donors (Lipinski definition) is 1. The topological polar surface area (TPSA) is 55.8 Å². The molecule has 4 nitrogen and oxygen atoms in total. The van der Waals surface area contributed by atoms with Crippen LogP contribution in [0.15, 0.2) is 48.5 Å². The molecule has 0 atom stereocenters. The van der Waals surface area contributed by atoms with Crippen LogP contribution in [0.1, 0.15) is 37.5 Å². The first-order valence-electron chi connectivity index (χ1n) is 8.64. The van der Waals surface area contributed by atoms with Crippen molar-refractivity contribution in [1.29, 1.82) is 0 Å². The fourth-order valence-corrected chi connectivity index (χ4v) is 2.58. The van der Waals surface area contributed by atoms with Crippen LogP contribution in [0.25, 0.3) is 6.08 Å². The molecule has 0 aliphatic heterocycles. The third-order valence-electron chi connectivity index (χ3n) is 3.92. The SMILES string of the molecule is Cc1cccc(C(C)(C)C)c1OCCOc1ccc(/C=C/C(=O)O)cc1. The Labute approximate surface area is 155 Å². The molecule has 0 saturated carbocycles. The number of rotatable bonds is 7. The van der Waals surface area contributed by atoms with Gasteiger partial charge in [0.2, 0.25) is 0 Å². The maximum Gasteiger partial charge on any atom is 0.328 e. The predicted molar refractivity (Wildman–Crippen MR) is 104 cm³/mol. The van der Waals surface area contributed by atoms with Crippen molar-refractivity contribution < 1.29 is 19.4 Å². The van der Waals surface area contributed by atoms with Crippen molar-refractivity contribution in [3.05, 3.63) is 65.2 Å². The van der Waals surface area contributed by atoms with Gasteiger partial charge in [-0.25, -0.2) is 4.79 Å². The zero-order valence-electron chi connectivity index (χ0n) is 15.8. The van der Waals surface area contributed by atoms with Crippen LogP contribution >= 0.6 is 0 Å². The van der Waals surface area contributed by atoms with E-state index in [9.17, 15) is 4.79 Å². The molecule has 0 aliphatic carbocycles. The number of aliphatic carboxylic acids is 1. The molecule has 0 aliphatic rings. The fraction of sp³-hybridized carbons (Fsp3) is 0.318. The fourth-order valence-electron chi connectivity index (χ4n) is 2.58. The number of carboxylic acids is 1. The molecule has 0 amide bonds. The summed E-state index contributed by atoms with van der Waals surface area (Å²) >= 11 is 0. The van der Waals surface area contributed by atoms with Gasteiger partial charge in [0.25, 0.3) is 0 Å². The Hall–Kier alpha value is -2.75. The zero-order valence-corrected chi connectivity index (χ0v) is 15.8. The molecule has 2 aromatic carbocycles.